The quantitative estimate of drug-likeness (QED) is 0.612. The Morgan fingerprint density at radius 2 is 0.720 bits per heavy atom. The molecule has 4 aliphatic carbocycles. The minimum absolute atomic E-state index is 5.73. The summed E-state index contributed by atoms with van der Waals surface area (Å²) in [7, 11) is 0. The summed E-state index contributed by atoms with van der Waals surface area (Å²) < 4.78 is 192. The zero-order valence-electron chi connectivity index (χ0n) is 10.8. The highest BCUT2D eigenvalue weighted by Gasteiger charge is 3.18. The van der Waals surface area contributed by atoms with Gasteiger partial charge in [0.05, 0.1) is 0 Å². The van der Waals surface area contributed by atoms with Crippen LogP contribution < -0.4 is 0 Å². The third-order valence-corrected chi connectivity index (χ3v) is 5.13. The van der Waals surface area contributed by atoms with E-state index in [1.165, 1.54) is 0 Å². The normalized spacial score (nSPS) is 52.2. The fourth-order valence-electron chi connectivity index (χ4n) is 3.87. The molecule has 0 spiro atoms. The third-order valence-electron chi connectivity index (χ3n) is 5.13. The fraction of sp³-hybridized carbons (Fsp3) is 1.00. The summed E-state index contributed by atoms with van der Waals surface area (Å²) in [5.41, 5.74) is -21.5. The van der Waals surface area contributed by atoms with Gasteiger partial charge in [0.15, 0.2) is 5.92 Å². The summed E-state index contributed by atoms with van der Waals surface area (Å²) in [4.78, 5) is 0. The van der Waals surface area contributed by atoms with Crippen molar-refractivity contribution in [2.24, 2.45) is 5.92 Å². The van der Waals surface area contributed by atoms with Gasteiger partial charge in [0, 0.05) is 0 Å². The second kappa shape index (κ2) is 3.54. The topological polar surface area (TPSA) is 20.2 Å². The van der Waals surface area contributed by atoms with Crippen LogP contribution in [0.15, 0.2) is 0 Å². The van der Waals surface area contributed by atoms with E-state index < -0.39 is 58.4 Å². The highest BCUT2D eigenvalue weighted by atomic mass is 19.3. The SMILES string of the molecule is OC12C(F)(F)C3C(F)(F)C(F)(C1(F)F)C(F)(F)C(F)(C3(F)F)C2(F)F. The zero-order chi connectivity index (χ0) is 20.1. The average Bonchev–Trinajstić information content (AvgIpc) is 2.38. The monoisotopic (exact) mass is 404 g/mol. The molecule has 2 atom stereocenters. The van der Waals surface area contributed by atoms with Gasteiger partial charge in [-0.3, -0.25) is 0 Å². The highest BCUT2D eigenvalue weighted by molar-refractivity contribution is 5.49. The van der Waals surface area contributed by atoms with Crippen molar-refractivity contribution in [3.63, 3.8) is 0 Å². The van der Waals surface area contributed by atoms with Crippen LogP contribution >= 0.6 is 0 Å². The molecule has 4 saturated carbocycles. The lowest BCUT2D eigenvalue weighted by Gasteiger charge is -2.72. The van der Waals surface area contributed by atoms with Crippen LogP contribution in [-0.2, 0) is 0 Å². The van der Waals surface area contributed by atoms with Crippen LogP contribution in [0.3, 0.4) is 0 Å². The van der Waals surface area contributed by atoms with E-state index in [1.54, 1.807) is 0 Å². The molecule has 0 radical (unpaired) electrons. The van der Waals surface area contributed by atoms with Gasteiger partial charge in [-0.15, -0.1) is 0 Å². The standard InChI is InChI=1S/C10H2F14O/c11-2(12)1-3(13,14)6(18)8(19,20)5(2,17)9(21,22)7(25,4(1,15)16)10(6,23)24/h1,25H. The lowest BCUT2D eigenvalue weighted by Crippen LogP contribution is -3.05. The van der Waals surface area contributed by atoms with Crippen LogP contribution in [0.25, 0.3) is 0 Å². The molecule has 15 heteroatoms. The molecular formula is C10H2F14O. The maximum absolute atomic E-state index is 14.1. The zero-order valence-corrected chi connectivity index (χ0v) is 10.8. The van der Waals surface area contributed by atoms with Crippen molar-refractivity contribution in [2.75, 3.05) is 0 Å². The van der Waals surface area contributed by atoms with Gasteiger partial charge in [-0.05, 0) is 0 Å². The number of hydrogen-bond acceptors (Lipinski definition) is 1. The second-order valence-corrected chi connectivity index (χ2v) is 6.05. The number of alkyl halides is 14. The summed E-state index contributed by atoms with van der Waals surface area (Å²) in [5.74, 6) is -49.3. The van der Waals surface area contributed by atoms with Crippen molar-refractivity contribution in [2.45, 2.75) is 52.5 Å². The first-order chi connectivity index (χ1) is 10.6. The maximum Gasteiger partial charge on any atom is 0.339 e. The molecule has 0 aromatic rings. The summed E-state index contributed by atoms with van der Waals surface area (Å²) in [6.45, 7) is 0. The van der Waals surface area contributed by atoms with Gasteiger partial charge < -0.3 is 5.11 Å². The van der Waals surface area contributed by atoms with Gasteiger partial charge in [0.1, 0.15) is 0 Å². The second-order valence-electron chi connectivity index (χ2n) is 6.05. The van der Waals surface area contributed by atoms with E-state index in [-0.39, 0.29) is 0 Å². The average molecular weight is 404 g/mol. The van der Waals surface area contributed by atoms with Gasteiger partial charge in [-0.2, -0.15) is 26.3 Å². The molecule has 25 heavy (non-hydrogen) atoms. The van der Waals surface area contributed by atoms with Crippen LogP contribution in [0.4, 0.5) is 61.5 Å². The Bertz CT molecular complexity index is 556. The Balaban J connectivity index is 2.64. The van der Waals surface area contributed by atoms with Crippen molar-refractivity contribution >= 4 is 0 Å². The number of aliphatic hydroxyl groups is 1. The molecule has 0 amide bonds. The molecule has 146 valence electrons. The Morgan fingerprint density at radius 1 is 0.440 bits per heavy atom. The Hall–Kier alpha value is -1.02. The van der Waals surface area contributed by atoms with Crippen molar-refractivity contribution < 1.29 is 66.6 Å². The highest BCUT2D eigenvalue weighted by Crippen LogP contribution is 2.86. The maximum atomic E-state index is 14.1. The van der Waals surface area contributed by atoms with Gasteiger partial charge in [-0.1, -0.05) is 0 Å². The molecule has 2 unspecified atom stereocenters. The minimum atomic E-state index is -7.57. The number of halogens is 14. The summed E-state index contributed by atoms with van der Waals surface area (Å²) in [6.07, 6.45) is 0. The lowest BCUT2D eigenvalue weighted by molar-refractivity contribution is -0.598. The predicted octanol–water partition coefficient (Wildman–Crippen LogP) is 3.60. The number of hydrogen-bond donors (Lipinski definition) is 1. The van der Waals surface area contributed by atoms with E-state index in [0.29, 0.717) is 0 Å². The molecular weight excluding hydrogens is 402 g/mol. The van der Waals surface area contributed by atoms with E-state index in [4.69, 9.17) is 5.11 Å². The molecule has 1 nitrogen and oxygen atoms in total. The molecule has 0 heterocycles. The van der Waals surface area contributed by atoms with E-state index in [0.717, 1.165) is 0 Å². The Morgan fingerprint density at radius 3 is 1.00 bits per heavy atom. The predicted molar refractivity (Wildman–Crippen MR) is 45.8 cm³/mol. The van der Waals surface area contributed by atoms with Crippen LogP contribution in [0.2, 0.25) is 0 Å². The van der Waals surface area contributed by atoms with Gasteiger partial charge >= 0.3 is 46.9 Å². The molecule has 0 aromatic heterocycles. The van der Waals surface area contributed by atoms with E-state index in [2.05, 4.69) is 0 Å². The largest absolute Gasteiger partial charge is 0.373 e. The fourth-order valence-corrected chi connectivity index (χ4v) is 3.87. The third kappa shape index (κ3) is 1.05. The number of rotatable bonds is 0. The van der Waals surface area contributed by atoms with Crippen LogP contribution in [0, 0.1) is 5.92 Å². The van der Waals surface area contributed by atoms with Gasteiger partial charge in [-0.25, -0.2) is 35.1 Å². The smallest absolute Gasteiger partial charge is 0.339 e. The Kier molecular flexibility index (Phi) is 2.66. The van der Waals surface area contributed by atoms with Crippen molar-refractivity contribution in [3.8, 4) is 0 Å². The van der Waals surface area contributed by atoms with Gasteiger partial charge in [0.2, 0.25) is 0 Å². The molecule has 4 fully saturated rings. The van der Waals surface area contributed by atoms with E-state index in [1.807, 2.05) is 0 Å². The summed E-state index contributed by atoms with van der Waals surface area (Å²) in [6, 6.07) is 0. The summed E-state index contributed by atoms with van der Waals surface area (Å²) in [5, 5.41) is 8.98. The van der Waals surface area contributed by atoms with Crippen LogP contribution in [-0.4, -0.2) is 57.6 Å². The first-order valence-corrected chi connectivity index (χ1v) is 5.99. The van der Waals surface area contributed by atoms with Crippen molar-refractivity contribution in [1.82, 2.24) is 0 Å². The lowest BCUT2D eigenvalue weighted by atomic mass is 9.41. The first kappa shape index (κ1) is 18.8. The molecule has 4 aliphatic rings. The van der Waals surface area contributed by atoms with E-state index in [9.17, 15) is 61.5 Å². The molecule has 1 N–H and O–H groups in total. The van der Waals surface area contributed by atoms with Crippen LogP contribution in [0.1, 0.15) is 0 Å². The summed E-state index contributed by atoms with van der Waals surface area (Å²) >= 11 is 0. The van der Waals surface area contributed by atoms with Gasteiger partial charge in [0.25, 0.3) is 5.60 Å². The minimum Gasteiger partial charge on any atom is -0.373 e. The van der Waals surface area contributed by atoms with Crippen LogP contribution in [0.5, 0.6) is 0 Å². The van der Waals surface area contributed by atoms with Crippen molar-refractivity contribution in [3.05, 3.63) is 0 Å². The molecule has 4 rings (SSSR count). The Labute approximate surface area is 126 Å². The first-order valence-electron chi connectivity index (χ1n) is 5.99. The molecule has 0 aliphatic heterocycles. The van der Waals surface area contributed by atoms with Crippen molar-refractivity contribution in [1.29, 1.82) is 0 Å². The van der Waals surface area contributed by atoms with E-state index >= 15 is 0 Å². The molecule has 0 saturated heterocycles. The molecule has 0 aromatic carbocycles. The molecule has 4 bridgehead atoms.